The Morgan fingerprint density at radius 3 is 2.36 bits per heavy atom. The summed E-state index contributed by atoms with van der Waals surface area (Å²) in [7, 11) is 2.16. The predicted octanol–water partition coefficient (Wildman–Crippen LogP) is 2.88. The average molecular weight is 410 g/mol. The number of thioether (sulfide) groups is 1. The number of hydrogen-bond donors (Lipinski definition) is 0. The van der Waals surface area contributed by atoms with Gasteiger partial charge in [0.2, 0.25) is 5.91 Å². The second-order valence-electron chi connectivity index (χ2n) is 6.30. The normalized spacial score (nSPS) is 21.8. The van der Waals surface area contributed by atoms with E-state index in [1.54, 1.807) is 23.9 Å². The van der Waals surface area contributed by atoms with Crippen molar-refractivity contribution in [1.29, 1.82) is 0 Å². The van der Waals surface area contributed by atoms with Crippen LogP contribution >= 0.6 is 36.6 Å². The third-order valence-corrected chi connectivity index (χ3v) is 5.85. The highest BCUT2D eigenvalue weighted by molar-refractivity contribution is 8.00. The Kier molecular flexibility index (Phi) is 9.52. The lowest BCUT2D eigenvalue weighted by atomic mass is 10.2. The molecule has 1 aromatic rings. The van der Waals surface area contributed by atoms with Gasteiger partial charge in [0.1, 0.15) is 11.2 Å². The van der Waals surface area contributed by atoms with Crippen molar-refractivity contribution in [2.45, 2.75) is 11.8 Å². The van der Waals surface area contributed by atoms with Crippen LogP contribution in [0, 0.1) is 5.82 Å². The van der Waals surface area contributed by atoms with E-state index in [4.69, 9.17) is 0 Å². The smallest absolute Gasteiger partial charge is 0.233 e. The van der Waals surface area contributed by atoms with E-state index in [0.717, 1.165) is 51.3 Å². The molecule has 2 heterocycles. The number of piperazine rings is 1. The lowest BCUT2D eigenvalue weighted by molar-refractivity contribution is -0.128. The van der Waals surface area contributed by atoms with Crippen LogP contribution in [0.15, 0.2) is 24.3 Å². The van der Waals surface area contributed by atoms with E-state index >= 15 is 0 Å². The van der Waals surface area contributed by atoms with E-state index < -0.39 is 0 Å². The van der Waals surface area contributed by atoms with Gasteiger partial charge < -0.3 is 14.7 Å². The topological polar surface area (TPSA) is 26.8 Å². The first-order valence-corrected chi connectivity index (χ1v) is 9.26. The molecule has 1 atom stereocenters. The van der Waals surface area contributed by atoms with Crippen LogP contribution < -0.4 is 0 Å². The summed E-state index contributed by atoms with van der Waals surface area (Å²) in [5.74, 6) is 0.490. The number of halogens is 3. The highest BCUT2D eigenvalue weighted by atomic mass is 35.5. The van der Waals surface area contributed by atoms with Gasteiger partial charge in [0.25, 0.3) is 0 Å². The van der Waals surface area contributed by atoms with Crippen LogP contribution in [0.5, 0.6) is 0 Å². The van der Waals surface area contributed by atoms with Crippen molar-refractivity contribution in [2.24, 2.45) is 0 Å². The summed E-state index contributed by atoms with van der Waals surface area (Å²) in [4.78, 5) is 18.9. The number of nitrogens with zero attached hydrogens (tertiary/aromatic N) is 3. The van der Waals surface area contributed by atoms with Crippen molar-refractivity contribution >= 4 is 42.5 Å². The minimum atomic E-state index is -0.232. The largest absolute Gasteiger partial charge is 0.326 e. The fraction of sp³-hybridized carbons (Fsp3) is 0.588. The molecule has 1 unspecified atom stereocenters. The fourth-order valence-electron chi connectivity index (χ4n) is 3.14. The van der Waals surface area contributed by atoms with Gasteiger partial charge in [-0.2, -0.15) is 0 Å². The number of hydrogen-bond acceptors (Lipinski definition) is 4. The molecule has 2 aliphatic heterocycles. The van der Waals surface area contributed by atoms with Gasteiger partial charge in [-0.15, -0.1) is 36.6 Å². The zero-order valence-electron chi connectivity index (χ0n) is 14.4. The predicted molar refractivity (Wildman–Crippen MR) is 106 cm³/mol. The summed E-state index contributed by atoms with van der Waals surface area (Å²) in [5, 5.41) is 0.0376. The Labute approximate surface area is 165 Å². The molecule has 2 aliphatic rings. The standard InChI is InChI=1S/C17H24FN3OS.2ClH/c1-19-9-11-20(12-10-19)7-2-8-21-16(22)13-23-17(21)14-3-5-15(18)6-4-14;;/h3-6,17H,2,7-13H2,1H3;2*1H. The SMILES string of the molecule is CN1CCN(CCCN2C(=O)CSC2c2ccc(F)cc2)CC1.Cl.Cl. The average Bonchev–Trinajstić information content (AvgIpc) is 2.91. The molecule has 2 fully saturated rings. The zero-order chi connectivity index (χ0) is 16.2. The Bertz CT molecular complexity index is 541. The monoisotopic (exact) mass is 409 g/mol. The van der Waals surface area contributed by atoms with Gasteiger partial charge in [0.15, 0.2) is 0 Å². The summed E-state index contributed by atoms with van der Waals surface area (Å²) in [5.41, 5.74) is 1.02. The number of carbonyl (C=O) groups excluding carboxylic acids is 1. The molecular formula is C17H26Cl2FN3OS. The van der Waals surface area contributed by atoms with Crippen LogP contribution in [0.25, 0.3) is 0 Å². The molecule has 0 saturated carbocycles. The molecule has 0 radical (unpaired) electrons. The molecule has 3 rings (SSSR count). The van der Waals surface area contributed by atoms with Crippen LogP contribution in [0.4, 0.5) is 4.39 Å². The quantitative estimate of drug-likeness (QED) is 0.746. The van der Waals surface area contributed by atoms with Gasteiger partial charge >= 0.3 is 0 Å². The number of benzene rings is 1. The lowest BCUT2D eigenvalue weighted by Crippen LogP contribution is -2.45. The van der Waals surface area contributed by atoms with E-state index in [1.807, 2.05) is 4.90 Å². The molecule has 0 aliphatic carbocycles. The van der Waals surface area contributed by atoms with E-state index in [0.29, 0.717) is 5.75 Å². The van der Waals surface area contributed by atoms with Crippen molar-refractivity contribution in [3.8, 4) is 0 Å². The van der Waals surface area contributed by atoms with Crippen LogP contribution in [-0.4, -0.2) is 72.7 Å². The second kappa shape index (κ2) is 10.6. The first-order valence-electron chi connectivity index (χ1n) is 8.21. The fourth-order valence-corrected chi connectivity index (χ4v) is 4.35. The molecule has 1 amide bonds. The Morgan fingerprint density at radius 1 is 1.08 bits per heavy atom. The summed E-state index contributed by atoms with van der Waals surface area (Å²) in [6, 6.07) is 6.53. The van der Waals surface area contributed by atoms with Gasteiger partial charge in [0, 0.05) is 32.7 Å². The number of likely N-dealkylation sites (N-methyl/N-ethyl adjacent to an activating group) is 1. The summed E-state index contributed by atoms with van der Waals surface area (Å²) >= 11 is 1.64. The highest BCUT2D eigenvalue weighted by Gasteiger charge is 2.32. The van der Waals surface area contributed by atoms with Crippen LogP contribution in [-0.2, 0) is 4.79 Å². The van der Waals surface area contributed by atoms with Gasteiger partial charge in [-0.05, 0) is 37.7 Å². The van der Waals surface area contributed by atoms with Gasteiger partial charge in [-0.1, -0.05) is 12.1 Å². The molecule has 8 heteroatoms. The molecule has 0 aromatic heterocycles. The molecule has 4 nitrogen and oxygen atoms in total. The van der Waals surface area contributed by atoms with Gasteiger partial charge in [-0.25, -0.2) is 4.39 Å². The minimum absolute atomic E-state index is 0. The Hall–Kier alpha value is -0.530. The van der Waals surface area contributed by atoms with Crippen LogP contribution in [0.2, 0.25) is 0 Å². The Morgan fingerprint density at radius 2 is 1.72 bits per heavy atom. The lowest BCUT2D eigenvalue weighted by Gasteiger charge is -2.33. The van der Waals surface area contributed by atoms with E-state index in [-0.39, 0.29) is 41.9 Å². The van der Waals surface area contributed by atoms with Crippen LogP contribution in [0.3, 0.4) is 0 Å². The van der Waals surface area contributed by atoms with E-state index in [9.17, 15) is 9.18 Å². The summed E-state index contributed by atoms with van der Waals surface area (Å²) in [6.07, 6.45) is 0.994. The molecule has 142 valence electrons. The summed E-state index contributed by atoms with van der Waals surface area (Å²) in [6.45, 7) is 6.28. The van der Waals surface area contributed by atoms with E-state index in [1.165, 1.54) is 12.1 Å². The molecule has 1 aromatic carbocycles. The van der Waals surface area contributed by atoms with Crippen molar-refractivity contribution in [2.75, 3.05) is 52.1 Å². The van der Waals surface area contributed by atoms with Gasteiger partial charge in [-0.3, -0.25) is 4.79 Å². The first-order chi connectivity index (χ1) is 11.1. The zero-order valence-corrected chi connectivity index (χ0v) is 16.8. The van der Waals surface area contributed by atoms with Crippen molar-refractivity contribution in [3.05, 3.63) is 35.6 Å². The maximum Gasteiger partial charge on any atom is 0.233 e. The highest BCUT2D eigenvalue weighted by Crippen LogP contribution is 2.38. The number of amides is 1. The maximum absolute atomic E-state index is 13.1. The molecule has 2 saturated heterocycles. The second-order valence-corrected chi connectivity index (χ2v) is 7.37. The molecular weight excluding hydrogens is 384 g/mol. The van der Waals surface area contributed by atoms with Crippen molar-refractivity contribution in [3.63, 3.8) is 0 Å². The van der Waals surface area contributed by atoms with Crippen molar-refractivity contribution in [1.82, 2.24) is 14.7 Å². The molecule has 0 spiro atoms. The number of carbonyl (C=O) groups is 1. The van der Waals surface area contributed by atoms with Crippen LogP contribution in [0.1, 0.15) is 17.4 Å². The minimum Gasteiger partial charge on any atom is -0.326 e. The summed E-state index contributed by atoms with van der Waals surface area (Å²) < 4.78 is 13.1. The third-order valence-electron chi connectivity index (χ3n) is 4.59. The molecule has 25 heavy (non-hydrogen) atoms. The molecule has 0 bridgehead atoms. The third kappa shape index (κ3) is 6.00. The molecule has 0 N–H and O–H groups in total. The van der Waals surface area contributed by atoms with Crippen molar-refractivity contribution < 1.29 is 9.18 Å². The maximum atomic E-state index is 13.1. The van der Waals surface area contributed by atoms with Gasteiger partial charge in [0.05, 0.1) is 5.75 Å². The first kappa shape index (κ1) is 22.5. The number of rotatable bonds is 5. The van der Waals surface area contributed by atoms with E-state index in [2.05, 4.69) is 16.8 Å². The Balaban J connectivity index is 0.00000156.